The zero-order valence-electron chi connectivity index (χ0n) is 12.0. The van der Waals surface area contributed by atoms with Gasteiger partial charge < -0.3 is 16.0 Å². The Hall–Kier alpha value is -2.34. The minimum atomic E-state index is -0.143. The molecule has 114 valence electrons. The van der Waals surface area contributed by atoms with E-state index in [-0.39, 0.29) is 18.4 Å². The van der Waals surface area contributed by atoms with E-state index < -0.39 is 0 Å². The number of carbonyl (C=O) groups is 2. The first-order chi connectivity index (χ1) is 10.5. The van der Waals surface area contributed by atoms with Gasteiger partial charge >= 0.3 is 0 Å². The molecule has 5 nitrogen and oxygen atoms in total. The van der Waals surface area contributed by atoms with Gasteiger partial charge in [0.05, 0.1) is 6.54 Å². The maximum atomic E-state index is 11.9. The molecule has 0 saturated heterocycles. The molecule has 0 bridgehead atoms. The number of benzene rings is 2. The van der Waals surface area contributed by atoms with Gasteiger partial charge in [0.1, 0.15) is 0 Å². The lowest BCUT2D eigenvalue weighted by molar-refractivity contribution is -0.115. The van der Waals surface area contributed by atoms with Crippen molar-refractivity contribution >= 4 is 44.8 Å². The molecule has 0 aliphatic rings. The molecule has 2 rings (SSSR count). The molecule has 0 spiro atoms. The molecule has 0 unspecified atom stereocenters. The summed E-state index contributed by atoms with van der Waals surface area (Å²) < 4.78 is 0.988. The normalized spacial score (nSPS) is 9.91. The van der Waals surface area contributed by atoms with Gasteiger partial charge in [-0.25, -0.2) is 0 Å². The fourth-order valence-corrected chi connectivity index (χ4v) is 2.06. The van der Waals surface area contributed by atoms with E-state index in [9.17, 15) is 9.59 Å². The summed E-state index contributed by atoms with van der Waals surface area (Å²) in [6, 6.07) is 14.5. The van der Waals surface area contributed by atoms with E-state index >= 15 is 0 Å². The lowest BCUT2D eigenvalue weighted by Gasteiger charge is -2.09. The van der Waals surface area contributed by atoms with Crippen molar-refractivity contribution in [1.82, 2.24) is 0 Å². The lowest BCUT2D eigenvalue weighted by atomic mass is 10.2. The van der Waals surface area contributed by atoms with Crippen LogP contribution in [0.1, 0.15) is 6.92 Å². The Morgan fingerprint density at radius 2 is 1.36 bits per heavy atom. The van der Waals surface area contributed by atoms with Crippen molar-refractivity contribution in [2.75, 3.05) is 22.5 Å². The van der Waals surface area contributed by atoms with Crippen molar-refractivity contribution in [1.29, 1.82) is 0 Å². The molecule has 2 aromatic carbocycles. The van der Waals surface area contributed by atoms with Gasteiger partial charge in [-0.05, 0) is 48.5 Å². The number of carbonyl (C=O) groups excluding carboxylic acids is 2. The second kappa shape index (κ2) is 7.61. The average molecular weight is 362 g/mol. The van der Waals surface area contributed by atoms with E-state index in [2.05, 4.69) is 31.9 Å². The summed E-state index contributed by atoms with van der Waals surface area (Å²) in [4.78, 5) is 22.8. The molecule has 0 atom stereocenters. The zero-order valence-corrected chi connectivity index (χ0v) is 13.6. The number of hydrogen-bond acceptors (Lipinski definition) is 3. The van der Waals surface area contributed by atoms with Gasteiger partial charge in [0.2, 0.25) is 11.8 Å². The average Bonchev–Trinajstić information content (AvgIpc) is 2.48. The minimum Gasteiger partial charge on any atom is -0.376 e. The minimum absolute atomic E-state index is 0.129. The van der Waals surface area contributed by atoms with E-state index in [0.717, 1.165) is 10.2 Å². The van der Waals surface area contributed by atoms with Gasteiger partial charge in [-0.3, -0.25) is 9.59 Å². The summed E-state index contributed by atoms with van der Waals surface area (Å²) in [6.07, 6.45) is 0. The predicted octanol–water partition coefficient (Wildman–Crippen LogP) is 3.46. The summed E-state index contributed by atoms with van der Waals surface area (Å²) in [5.41, 5.74) is 2.24. The molecular weight excluding hydrogens is 346 g/mol. The van der Waals surface area contributed by atoms with Crippen molar-refractivity contribution in [3.05, 3.63) is 53.0 Å². The van der Waals surface area contributed by atoms with Crippen LogP contribution in [0.3, 0.4) is 0 Å². The van der Waals surface area contributed by atoms with Crippen LogP contribution in [-0.2, 0) is 9.59 Å². The van der Waals surface area contributed by atoms with Gasteiger partial charge in [0.15, 0.2) is 0 Å². The zero-order chi connectivity index (χ0) is 15.9. The predicted molar refractivity (Wildman–Crippen MR) is 92.0 cm³/mol. The van der Waals surface area contributed by atoms with Crippen molar-refractivity contribution in [3.63, 3.8) is 0 Å². The Labute approximate surface area is 137 Å². The van der Waals surface area contributed by atoms with Crippen LogP contribution in [0, 0.1) is 0 Å². The number of amides is 2. The van der Waals surface area contributed by atoms with E-state index in [0.29, 0.717) is 11.4 Å². The Bertz CT molecular complexity index is 654. The monoisotopic (exact) mass is 361 g/mol. The van der Waals surface area contributed by atoms with E-state index in [4.69, 9.17) is 0 Å². The summed E-state index contributed by atoms with van der Waals surface area (Å²) in [5, 5.41) is 8.49. The SMILES string of the molecule is CC(=O)Nc1ccc(NC(=O)CNc2ccc(Br)cc2)cc1. The summed E-state index contributed by atoms with van der Waals surface area (Å²) in [5.74, 6) is -0.273. The third-order valence-corrected chi connectivity index (χ3v) is 3.31. The molecular formula is C16H16BrN3O2. The lowest BCUT2D eigenvalue weighted by Crippen LogP contribution is -2.21. The fourth-order valence-electron chi connectivity index (χ4n) is 1.80. The molecule has 6 heteroatoms. The largest absolute Gasteiger partial charge is 0.376 e. The maximum absolute atomic E-state index is 11.9. The van der Waals surface area contributed by atoms with Crippen LogP contribution < -0.4 is 16.0 Å². The van der Waals surface area contributed by atoms with Crippen molar-refractivity contribution in [2.24, 2.45) is 0 Å². The molecule has 0 aliphatic carbocycles. The number of halogens is 1. The van der Waals surface area contributed by atoms with Crippen LogP contribution in [-0.4, -0.2) is 18.4 Å². The van der Waals surface area contributed by atoms with Gasteiger partial charge in [0, 0.05) is 28.5 Å². The van der Waals surface area contributed by atoms with E-state index in [1.165, 1.54) is 6.92 Å². The first kappa shape index (κ1) is 16.0. The number of anilines is 3. The molecule has 22 heavy (non-hydrogen) atoms. The third-order valence-electron chi connectivity index (χ3n) is 2.79. The van der Waals surface area contributed by atoms with E-state index in [1.54, 1.807) is 24.3 Å². The van der Waals surface area contributed by atoms with Gasteiger partial charge in [-0.2, -0.15) is 0 Å². The van der Waals surface area contributed by atoms with Crippen molar-refractivity contribution < 1.29 is 9.59 Å². The molecule has 0 saturated carbocycles. The topological polar surface area (TPSA) is 70.2 Å². The molecule has 2 aromatic rings. The van der Waals surface area contributed by atoms with Crippen LogP contribution in [0.25, 0.3) is 0 Å². The van der Waals surface area contributed by atoms with Crippen LogP contribution in [0.2, 0.25) is 0 Å². The molecule has 0 fully saturated rings. The quantitative estimate of drug-likeness (QED) is 0.763. The van der Waals surface area contributed by atoms with Gasteiger partial charge in [0.25, 0.3) is 0 Å². The maximum Gasteiger partial charge on any atom is 0.243 e. The Morgan fingerprint density at radius 1 is 0.864 bits per heavy atom. The standard InChI is InChI=1S/C16H16BrN3O2/c1-11(21)19-14-6-8-15(9-7-14)20-16(22)10-18-13-4-2-12(17)3-5-13/h2-9,18H,10H2,1H3,(H,19,21)(H,20,22). The first-order valence-corrected chi connectivity index (χ1v) is 7.49. The summed E-state index contributed by atoms with van der Waals surface area (Å²) >= 11 is 3.36. The Kier molecular flexibility index (Phi) is 5.55. The highest BCUT2D eigenvalue weighted by molar-refractivity contribution is 9.10. The molecule has 3 N–H and O–H groups in total. The Morgan fingerprint density at radius 3 is 1.91 bits per heavy atom. The molecule has 0 aliphatic heterocycles. The first-order valence-electron chi connectivity index (χ1n) is 6.70. The second-order valence-electron chi connectivity index (χ2n) is 4.67. The van der Waals surface area contributed by atoms with Crippen LogP contribution in [0.5, 0.6) is 0 Å². The van der Waals surface area contributed by atoms with Crippen molar-refractivity contribution in [3.8, 4) is 0 Å². The second-order valence-corrected chi connectivity index (χ2v) is 5.58. The highest BCUT2D eigenvalue weighted by Gasteiger charge is 2.03. The smallest absolute Gasteiger partial charge is 0.243 e. The van der Waals surface area contributed by atoms with Crippen LogP contribution in [0.15, 0.2) is 53.0 Å². The molecule has 2 amide bonds. The third kappa shape index (κ3) is 5.21. The van der Waals surface area contributed by atoms with Crippen LogP contribution >= 0.6 is 15.9 Å². The number of hydrogen-bond donors (Lipinski definition) is 3. The van der Waals surface area contributed by atoms with Crippen LogP contribution in [0.4, 0.5) is 17.1 Å². The molecule has 0 heterocycles. The van der Waals surface area contributed by atoms with Crippen molar-refractivity contribution in [2.45, 2.75) is 6.92 Å². The van der Waals surface area contributed by atoms with Gasteiger partial charge in [-0.15, -0.1) is 0 Å². The summed E-state index contributed by atoms with van der Waals surface area (Å²) in [7, 11) is 0. The van der Waals surface area contributed by atoms with E-state index in [1.807, 2.05) is 24.3 Å². The highest BCUT2D eigenvalue weighted by atomic mass is 79.9. The summed E-state index contributed by atoms with van der Waals surface area (Å²) in [6.45, 7) is 1.62. The Balaban J connectivity index is 1.83. The number of nitrogens with one attached hydrogen (secondary N) is 3. The fraction of sp³-hybridized carbons (Fsp3) is 0.125. The number of rotatable bonds is 5. The molecule has 0 aromatic heterocycles. The highest BCUT2D eigenvalue weighted by Crippen LogP contribution is 2.15. The molecule has 0 radical (unpaired) electrons. The van der Waals surface area contributed by atoms with Gasteiger partial charge in [-0.1, -0.05) is 15.9 Å².